The van der Waals surface area contributed by atoms with E-state index in [1.807, 2.05) is 38.1 Å². The lowest BCUT2D eigenvalue weighted by molar-refractivity contribution is -0.121. The second-order valence-electron chi connectivity index (χ2n) is 6.63. The van der Waals surface area contributed by atoms with Crippen LogP contribution in [0.3, 0.4) is 0 Å². The van der Waals surface area contributed by atoms with E-state index in [1.165, 1.54) is 16.1 Å². The van der Waals surface area contributed by atoms with Gasteiger partial charge in [0.1, 0.15) is 5.75 Å². The van der Waals surface area contributed by atoms with Crippen LogP contribution in [0.15, 0.2) is 48.5 Å². The molecule has 0 saturated carbocycles. The summed E-state index contributed by atoms with van der Waals surface area (Å²) < 4.78 is 31.0. The first kappa shape index (κ1) is 21.8. The number of hydrogen-bond acceptors (Lipinski definition) is 4. The normalized spacial score (nSPS) is 11.1. The number of ether oxygens (including phenoxy) is 1. The summed E-state index contributed by atoms with van der Waals surface area (Å²) in [4.78, 5) is 12.1. The van der Waals surface area contributed by atoms with Crippen LogP contribution in [-0.2, 0) is 21.4 Å². The quantitative estimate of drug-likeness (QED) is 0.659. The van der Waals surface area contributed by atoms with Crippen molar-refractivity contribution >= 4 is 21.6 Å². The fraction of sp³-hybridized carbons (Fsp3) is 0.381. The van der Waals surface area contributed by atoms with Gasteiger partial charge in [-0.3, -0.25) is 9.10 Å². The van der Waals surface area contributed by atoms with Crippen molar-refractivity contribution in [1.29, 1.82) is 0 Å². The molecular formula is C21H28N2O4S. The van der Waals surface area contributed by atoms with Crippen molar-refractivity contribution in [2.45, 2.75) is 33.2 Å². The maximum atomic E-state index is 12.2. The molecule has 0 aliphatic carbocycles. The Hall–Kier alpha value is -2.54. The minimum atomic E-state index is -3.44. The topological polar surface area (TPSA) is 75.7 Å². The van der Waals surface area contributed by atoms with E-state index in [9.17, 15) is 13.2 Å². The summed E-state index contributed by atoms with van der Waals surface area (Å²) >= 11 is 0. The highest BCUT2D eigenvalue weighted by Gasteiger charge is 2.17. The second-order valence-corrected chi connectivity index (χ2v) is 8.53. The number of aryl methyl sites for hydroxylation is 1. The molecule has 0 bridgehead atoms. The van der Waals surface area contributed by atoms with Crippen molar-refractivity contribution < 1.29 is 17.9 Å². The first-order chi connectivity index (χ1) is 13.3. The smallest absolute Gasteiger partial charge is 0.232 e. The average molecular weight is 405 g/mol. The Kier molecular flexibility index (Phi) is 7.87. The lowest BCUT2D eigenvalue weighted by Gasteiger charge is -2.22. The molecule has 7 heteroatoms. The van der Waals surface area contributed by atoms with E-state index in [4.69, 9.17) is 4.74 Å². The van der Waals surface area contributed by atoms with Gasteiger partial charge in [-0.05, 0) is 50.1 Å². The SMILES string of the molecule is CCOc1ccc(N(CCCC(=O)NCc2ccc(C)cc2)S(C)(=O)=O)cc1. The van der Waals surface area contributed by atoms with Gasteiger partial charge in [0.15, 0.2) is 0 Å². The minimum absolute atomic E-state index is 0.0966. The highest BCUT2D eigenvalue weighted by atomic mass is 32.2. The molecule has 28 heavy (non-hydrogen) atoms. The zero-order chi connectivity index (χ0) is 20.6. The van der Waals surface area contributed by atoms with Gasteiger partial charge < -0.3 is 10.1 Å². The molecule has 0 atom stereocenters. The number of carbonyl (C=O) groups is 1. The molecule has 0 heterocycles. The molecule has 152 valence electrons. The molecule has 0 radical (unpaired) electrons. The molecule has 2 rings (SSSR count). The number of nitrogens with one attached hydrogen (secondary N) is 1. The summed E-state index contributed by atoms with van der Waals surface area (Å²) in [5.74, 6) is 0.593. The van der Waals surface area contributed by atoms with Crippen molar-refractivity contribution in [3.63, 3.8) is 0 Å². The van der Waals surface area contributed by atoms with E-state index in [0.717, 1.165) is 5.56 Å². The molecule has 1 N–H and O–H groups in total. The Morgan fingerprint density at radius 2 is 1.71 bits per heavy atom. The Morgan fingerprint density at radius 3 is 2.29 bits per heavy atom. The standard InChI is InChI=1S/C21H28N2O4S/c1-4-27-20-13-11-19(12-14-20)23(28(3,25)26)15-5-6-21(24)22-16-18-9-7-17(2)8-10-18/h7-14H,4-6,15-16H2,1-3H3,(H,22,24). The largest absolute Gasteiger partial charge is 0.494 e. The average Bonchev–Trinajstić information content (AvgIpc) is 2.65. The zero-order valence-electron chi connectivity index (χ0n) is 16.6. The van der Waals surface area contributed by atoms with Crippen molar-refractivity contribution in [1.82, 2.24) is 5.32 Å². The molecule has 1 amide bonds. The molecule has 0 aliphatic heterocycles. The second kappa shape index (κ2) is 10.1. The number of sulfonamides is 1. The van der Waals surface area contributed by atoms with Gasteiger partial charge in [0.25, 0.3) is 0 Å². The molecule has 0 unspecified atom stereocenters. The molecular weight excluding hydrogens is 376 g/mol. The third-order valence-corrected chi connectivity index (χ3v) is 5.41. The maximum absolute atomic E-state index is 12.2. The highest BCUT2D eigenvalue weighted by molar-refractivity contribution is 7.92. The van der Waals surface area contributed by atoms with Crippen LogP contribution >= 0.6 is 0 Å². The van der Waals surface area contributed by atoms with E-state index in [-0.39, 0.29) is 18.9 Å². The van der Waals surface area contributed by atoms with Crippen molar-refractivity contribution in [2.75, 3.05) is 23.7 Å². The van der Waals surface area contributed by atoms with E-state index in [1.54, 1.807) is 24.3 Å². The molecule has 2 aromatic carbocycles. The van der Waals surface area contributed by atoms with Crippen LogP contribution < -0.4 is 14.4 Å². The highest BCUT2D eigenvalue weighted by Crippen LogP contribution is 2.22. The number of hydrogen-bond donors (Lipinski definition) is 1. The maximum Gasteiger partial charge on any atom is 0.232 e. The Morgan fingerprint density at radius 1 is 1.07 bits per heavy atom. The minimum Gasteiger partial charge on any atom is -0.494 e. The Balaban J connectivity index is 1.87. The monoisotopic (exact) mass is 404 g/mol. The molecule has 0 aromatic heterocycles. The summed E-state index contributed by atoms with van der Waals surface area (Å²) in [6.07, 6.45) is 1.86. The van der Waals surface area contributed by atoms with Crippen LogP contribution in [0.25, 0.3) is 0 Å². The summed E-state index contributed by atoms with van der Waals surface area (Å²) in [6, 6.07) is 14.9. The van der Waals surface area contributed by atoms with Gasteiger partial charge >= 0.3 is 0 Å². The molecule has 0 saturated heterocycles. The van der Waals surface area contributed by atoms with E-state index in [0.29, 0.717) is 31.0 Å². The number of carbonyl (C=O) groups excluding carboxylic acids is 1. The van der Waals surface area contributed by atoms with E-state index < -0.39 is 10.0 Å². The predicted octanol–water partition coefficient (Wildman–Crippen LogP) is 3.26. The first-order valence-corrected chi connectivity index (χ1v) is 11.2. The van der Waals surface area contributed by atoms with Crippen LogP contribution in [0.1, 0.15) is 30.9 Å². The van der Waals surface area contributed by atoms with Gasteiger partial charge in [-0.1, -0.05) is 29.8 Å². The molecule has 0 aliphatic rings. The Labute approximate surface area is 167 Å². The van der Waals surface area contributed by atoms with Gasteiger partial charge in [0.2, 0.25) is 15.9 Å². The van der Waals surface area contributed by atoms with Crippen LogP contribution in [0.4, 0.5) is 5.69 Å². The lowest BCUT2D eigenvalue weighted by Crippen LogP contribution is -2.32. The third-order valence-electron chi connectivity index (χ3n) is 4.21. The number of rotatable bonds is 10. The van der Waals surface area contributed by atoms with Gasteiger partial charge in [0, 0.05) is 19.5 Å². The van der Waals surface area contributed by atoms with Crippen molar-refractivity contribution in [3.05, 3.63) is 59.7 Å². The Bertz CT molecular complexity index is 862. The summed E-state index contributed by atoms with van der Waals surface area (Å²) in [7, 11) is -3.44. The molecule has 0 spiro atoms. The number of nitrogens with zero attached hydrogens (tertiary/aromatic N) is 1. The van der Waals surface area contributed by atoms with Gasteiger partial charge in [-0.25, -0.2) is 8.42 Å². The summed E-state index contributed by atoms with van der Waals surface area (Å²) in [6.45, 7) is 5.16. The molecule has 0 fully saturated rings. The summed E-state index contributed by atoms with van der Waals surface area (Å²) in [5, 5.41) is 2.87. The van der Waals surface area contributed by atoms with Gasteiger partial charge in [-0.2, -0.15) is 0 Å². The zero-order valence-corrected chi connectivity index (χ0v) is 17.5. The first-order valence-electron chi connectivity index (χ1n) is 9.32. The fourth-order valence-corrected chi connectivity index (χ4v) is 3.71. The lowest BCUT2D eigenvalue weighted by atomic mass is 10.1. The van der Waals surface area contributed by atoms with E-state index in [2.05, 4.69) is 5.32 Å². The number of anilines is 1. The van der Waals surface area contributed by atoms with Gasteiger partial charge in [0.05, 0.1) is 18.6 Å². The van der Waals surface area contributed by atoms with E-state index >= 15 is 0 Å². The number of amides is 1. The molecule has 6 nitrogen and oxygen atoms in total. The van der Waals surface area contributed by atoms with Crippen LogP contribution in [0, 0.1) is 6.92 Å². The fourth-order valence-electron chi connectivity index (χ4n) is 2.74. The number of benzene rings is 2. The molecule has 2 aromatic rings. The van der Waals surface area contributed by atoms with Crippen LogP contribution in [0.2, 0.25) is 0 Å². The third kappa shape index (κ3) is 6.88. The summed E-state index contributed by atoms with van der Waals surface area (Å²) in [5.41, 5.74) is 2.77. The predicted molar refractivity (Wildman–Crippen MR) is 112 cm³/mol. The van der Waals surface area contributed by atoms with Crippen LogP contribution in [0.5, 0.6) is 5.75 Å². The van der Waals surface area contributed by atoms with Crippen LogP contribution in [-0.4, -0.2) is 33.7 Å². The van der Waals surface area contributed by atoms with Crippen molar-refractivity contribution in [2.24, 2.45) is 0 Å². The van der Waals surface area contributed by atoms with Crippen molar-refractivity contribution in [3.8, 4) is 5.75 Å². The van der Waals surface area contributed by atoms with Gasteiger partial charge in [-0.15, -0.1) is 0 Å².